The van der Waals surface area contributed by atoms with Gasteiger partial charge in [0.2, 0.25) is 5.78 Å². The molecule has 0 bridgehead atoms. The minimum Gasteiger partial charge on any atom is -0.507 e. The Bertz CT molecular complexity index is 1750. The Morgan fingerprint density at radius 1 is 1.06 bits per heavy atom. The molecule has 11 heteroatoms. The average molecular weight is 643 g/mol. The van der Waals surface area contributed by atoms with Crippen LogP contribution < -0.4 is 0 Å². The van der Waals surface area contributed by atoms with Crippen molar-refractivity contribution in [1.82, 2.24) is 0 Å². The van der Waals surface area contributed by atoms with Crippen LogP contribution in [-0.2, 0) is 25.5 Å². The van der Waals surface area contributed by atoms with Gasteiger partial charge in [0.1, 0.15) is 16.9 Å². The van der Waals surface area contributed by atoms with Crippen LogP contribution in [0.2, 0.25) is 0 Å². The maximum absolute atomic E-state index is 13.6. The third-order valence-electron chi connectivity index (χ3n) is 11.3. The van der Waals surface area contributed by atoms with Crippen molar-refractivity contribution in [2.45, 2.75) is 64.1 Å². The Morgan fingerprint density at radius 2 is 1.83 bits per heavy atom. The molecule has 0 aromatic heterocycles. The van der Waals surface area contributed by atoms with Gasteiger partial charge in [-0.05, 0) is 85.9 Å². The first-order valence-corrected chi connectivity index (χ1v) is 15.9. The number of hydrogen-bond acceptors (Lipinski definition) is 10. The molecule has 0 spiro atoms. The van der Waals surface area contributed by atoms with E-state index < -0.39 is 52.6 Å². The Labute approximate surface area is 271 Å². The van der Waals surface area contributed by atoms with Crippen LogP contribution in [0, 0.1) is 28.6 Å². The first kappa shape index (κ1) is 32.5. The van der Waals surface area contributed by atoms with Crippen LogP contribution >= 0.6 is 0 Å². The van der Waals surface area contributed by atoms with Crippen molar-refractivity contribution >= 4 is 34.9 Å². The van der Waals surface area contributed by atoms with Gasteiger partial charge in [-0.15, -0.1) is 0 Å². The molecule has 0 saturated heterocycles. The molecule has 246 valence electrons. The zero-order valence-electron chi connectivity index (χ0n) is 26.3. The number of benzene rings is 2. The Hall–Kier alpha value is -4.48. The monoisotopic (exact) mass is 642 g/mol. The lowest BCUT2D eigenvalue weighted by atomic mass is 9.46. The van der Waals surface area contributed by atoms with E-state index in [9.17, 15) is 39.6 Å². The maximum Gasteiger partial charge on any atom is 0.339 e. The molecule has 4 aliphatic carbocycles. The minimum atomic E-state index is -1.77. The summed E-state index contributed by atoms with van der Waals surface area (Å²) in [6, 6.07) is 10.4. The van der Waals surface area contributed by atoms with Crippen molar-refractivity contribution in [3.8, 4) is 5.75 Å². The number of aliphatic hydroxyl groups excluding tert-OH is 1. The van der Waals surface area contributed by atoms with Crippen LogP contribution in [0.1, 0.15) is 61.9 Å². The number of hydrogen-bond donors (Lipinski definition) is 4. The number of aromatic carboxylic acids is 1. The molecular formula is C36H38N2O9. The van der Waals surface area contributed by atoms with Crippen molar-refractivity contribution in [2.75, 3.05) is 6.61 Å². The summed E-state index contributed by atoms with van der Waals surface area (Å²) < 4.78 is 5.39. The molecule has 0 amide bonds. The molecule has 3 saturated carbocycles. The van der Waals surface area contributed by atoms with E-state index in [4.69, 9.17) is 4.74 Å². The fourth-order valence-electron chi connectivity index (χ4n) is 8.89. The molecule has 0 radical (unpaired) electrons. The normalized spacial score (nSPS) is 32.7. The largest absolute Gasteiger partial charge is 0.507 e. The lowest BCUT2D eigenvalue weighted by Gasteiger charge is -2.59. The average Bonchev–Trinajstić information content (AvgIpc) is 3.30. The van der Waals surface area contributed by atoms with E-state index in [0.717, 1.165) is 18.4 Å². The van der Waals surface area contributed by atoms with Gasteiger partial charge in [0, 0.05) is 16.7 Å². The number of aliphatic hydroxyl groups is 2. The number of aromatic hydroxyl groups is 1. The summed E-state index contributed by atoms with van der Waals surface area (Å²) in [4.78, 5) is 50.0. The number of phenols is 1. The molecule has 47 heavy (non-hydrogen) atoms. The molecule has 3 fully saturated rings. The molecule has 0 heterocycles. The number of azo groups is 1. The summed E-state index contributed by atoms with van der Waals surface area (Å²) in [6.45, 7) is 3.32. The molecule has 2 aromatic rings. The molecule has 4 aliphatic rings. The second-order valence-electron chi connectivity index (χ2n) is 13.7. The first-order chi connectivity index (χ1) is 22.3. The van der Waals surface area contributed by atoms with E-state index in [1.54, 1.807) is 36.4 Å². The van der Waals surface area contributed by atoms with E-state index >= 15 is 0 Å². The van der Waals surface area contributed by atoms with E-state index in [1.165, 1.54) is 18.2 Å². The number of carboxylic acids is 1. The van der Waals surface area contributed by atoms with Gasteiger partial charge in [-0.25, -0.2) is 4.79 Å². The summed E-state index contributed by atoms with van der Waals surface area (Å²) in [6.07, 6.45) is 6.65. The van der Waals surface area contributed by atoms with Crippen LogP contribution in [0.25, 0.3) is 0 Å². The van der Waals surface area contributed by atoms with E-state index in [0.29, 0.717) is 17.7 Å². The lowest BCUT2D eigenvalue weighted by Crippen LogP contribution is -2.61. The topological polar surface area (TPSA) is 183 Å². The van der Waals surface area contributed by atoms with Crippen molar-refractivity contribution < 1.29 is 44.3 Å². The molecule has 11 nitrogen and oxygen atoms in total. The van der Waals surface area contributed by atoms with Crippen LogP contribution in [0.5, 0.6) is 5.75 Å². The number of carboxylic acid groups (broad SMARTS) is 1. The van der Waals surface area contributed by atoms with Gasteiger partial charge >= 0.3 is 11.9 Å². The van der Waals surface area contributed by atoms with Crippen molar-refractivity contribution in [3.05, 3.63) is 77.4 Å². The summed E-state index contributed by atoms with van der Waals surface area (Å²) >= 11 is 0. The van der Waals surface area contributed by atoms with Crippen LogP contribution in [0.3, 0.4) is 0 Å². The summed E-state index contributed by atoms with van der Waals surface area (Å²) in [5.41, 5.74) is -1.48. The van der Waals surface area contributed by atoms with Gasteiger partial charge < -0.3 is 25.2 Å². The number of carbonyl (C=O) groups is 4. The van der Waals surface area contributed by atoms with E-state index in [-0.39, 0.29) is 54.1 Å². The molecule has 0 aliphatic heterocycles. The van der Waals surface area contributed by atoms with E-state index in [2.05, 4.69) is 17.2 Å². The second kappa shape index (κ2) is 12.0. The van der Waals surface area contributed by atoms with Gasteiger partial charge in [-0.3, -0.25) is 14.4 Å². The highest BCUT2D eigenvalue weighted by molar-refractivity contribution is 6.01. The Morgan fingerprint density at radius 3 is 2.60 bits per heavy atom. The predicted molar refractivity (Wildman–Crippen MR) is 168 cm³/mol. The van der Waals surface area contributed by atoms with Crippen molar-refractivity contribution in [2.24, 2.45) is 38.8 Å². The summed E-state index contributed by atoms with van der Waals surface area (Å²) in [5, 5.41) is 50.7. The number of carbonyl (C=O) groups excluding carboxylic acids is 3. The molecule has 2 aromatic carbocycles. The number of Topliss-reactive ketones (excluding diaryl/α,β-unsaturated/α-hetero) is 1. The van der Waals surface area contributed by atoms with Crippen LogP contribution in [0.15, 0.2) is 76.5 Å². The van der Waals surface area contributed by atoms with Gasteiger partial charge in [-0.2, -0.15) is 10.2 Å². The quantitative estimate of drug-likeness (QED) is 0.223. The highest BCUT2D eigenvalue weighted by Gasteiger charge is 2.68. The number of fused-ring (bicyclic) bond motifs is 5. The van der Waals surface area contributed by atoms with Crippen molar-refractivity contribution in [1.29, 1.82) is 0 Å². The van der Waals surface area contributed by atoms with Crippen LogP contribution in [-0.4, -0.2) is 62.2 Å². The third kappa shape index (κ3) is 5.51. The number of allylic oxidation sites excluding steroid dienone is 4. The number of ether oxygens (including phenoxy) is 1. The highest BCUT2D eigenvalue weighted by Crippen LogP contribution is 2.67. The smallest absolute Gasteiger partial charge is 0.339 e. The first-order valence-electron chi connectivity index (χ1n) is 15.9. The summed E-state index contributed by atoms with van der Waals surface area (Å²) in [7, 11) is 0. The maximum atomic E-state index is 13.6. The molecule has 6 rings (SSSR count). The van der Waals surface area contributed by atoms with Crippen LogP contribution in [0.4, 0.5) is 11.4 Å². The Balaban J connectivity index is 1.12. The highest BCUT2D eigenvalue weighted by atomic mass is 16.5. The molecular weight excluding hydrogens is 604 g/mol. The molecule has 4 N–H and O–H groups in total. The molecule has 0 unspecified atom stereocenters. The zero-order valence-corrected chi connectivity index (χ0v) is 26.3. The zero-order chi connectivity index (χ0) is 33.7. The predicted octanol–water partition coefficient (Wildman–Crippen LogP) is 5.17. The fourth-order valence-corrected chi connectivity index (χ4v) is 8.89. The van der Waals surface area contributed by atoms with Gasteiger partial charge in [0.05, 0.1) is 23.9 Å². The minimum absolute atomic E-state index is 0.0256. The Kier molecular flexibility index (Phi) is 8.26. The van der Waals surface area contributed by atoms with E-state index in [1.807, 2.05) is 13.0 Å². The number of esters is 1. The molecule has 7 atom stereocenters. The standard InChI is InChI=1S/C36H38N2O9/c1-34-13-11-23(39)16-21(34)7-9-24-26-12-14-36(46,35(26,2)18-29(41)32(24)34)30(42)19-47-31(43)15-20-5-3-4-6-27(20)38-37-22-8-10-28(40)25(17-22)33(44)45/h3-6,8,10-11,13,16-17,24,26,29,32,40-41,46H,7,9,12,14-15,18-19H2,1-2H3,(H,44,45)/t24-,26-,29-,32+,34-,35-,36-/m0/s1. The van der Waals surface area contributed by atoms with Crippen molar-refractivity contribution in [3.63, 3.8) is 0 Å². The number of ketones is 2. The number of rotatable bonds is 8. The second-order valence-corrected chi connectivity index (χ2v) is 13.7. The fraction of sp³-hybridized carbons (Fsp3) is 0.444. The third-order valence-corrected chi connectivity index (χ3v) is 11.3. The van der Waals surface area contributed by atoms with Gasteiger partial charge in [0.25, 0.3) is 0 Å². The van der Waals surface area contributed by atoms with Gasteiger partial charge in [0.15, 0.2) is 12.4 Å². The number of nitrogens with zero attached hydrogens (tertiary/aromatic N) is 2. The SMILES string of the molecule is C[C@]12C=CC(=O)C=C1CC[C@@H]1[C@@H]2[C@@H](O)C[C@@]2(C)[C@H]1CC[C@]2(O)C(=O)COC(=O)Cc1ccccc1N=Nc1ccc(O)c(C(=O)O)c1. The summed E-state index contributed by atoms with van der Waals surface area (Å²) in [5.74, 6) is -3.17. The lowest BCUT2D eigenvalue weighted by molar-refractivity contribution is -0.181. The van der Waals surface area contributed by atoms with Gasteiger partial charge in [-0.1, -0.05) is 43.7 Å².